The van der Waals surface area contributed by atoms with E-state index in [1.807, 2.05) is 27.1 Å². The molecule has 0 aromatic rings. The van der Waals surface area contributed by atoms with Gasteiger partial charge in [0, 0.05) is 18.0 Å². The monoisotopic (exact) mass is 487 g/mol. The predicted molar refractivity (Wildman–Crippen MR) is 152 cm³/mol. The number of rotatable bonds is 20. The molecule has 0 bridgehead atoms. The van der Waals surface area contributed by atoms with E-state index in [2.05, 4.69) is 23.9 Å². The zero-order valence-electron chi connectivity index (χ0n) is 21.9. The molecule has 0 aromatic carbocycles. The Morgan fingerprint density at radius 2 is 1.31 bits per heavy atom. The van der Waals surface area contributed by atoms with Crippen LogP contribution in [0.25, 0.3) is 0 Å². The van der Waals surface area contributed by atoms with Gasteiger partial charge in [0.2, 0.25) is 5.17 Å². The molecule has 0 fully saturated rings. The van der Waals surface area contributed by atoms with E-state index in [9.17, 15) is 5.11 Å². The van der Waals surface area contributed by atoms with E-state index >= 15 is 0 Å². The Morgan fingerprint density at radius 3 is 1.81 bits per heavy atom. The molecule has 1 N–H and O–H groups in total. The quantitative estimate of drug-likeness (QED) is 0.0465. The summed E-state index contributed by atoms with van der Waals surface area (Å²) >= 11 is 6.29. The lowest BCUT2D eigenvalue weighted by Gasteiger charge is -2.20. The third-order valence-corrected chi connectivity index (χ3v) is 6.07. The molecule has 0 saturated carbocycles. The van der Waals surface area contributed by atoms with Gasteiger partial charge in [-0.2, -0.15) is 0 Å². The smallest absolute Gasteiger partial charge is 0.211 e. The van der Waals surface area contributed by atoms with Crippen molar-refractivity contribution in [3.8, 4) is 0 Å². The Bertz CT molecular complexity index is 445. The number of hydrogen-bond donors (Lipinski definition) is 1. The van der Waals surface area contributed by atoms with Gasteiger partial charge < -0.3 is 5.11 Å². The molecule has 0 rings (SSSR count). The van der Waals surface area contributed by atoms with Gasteiger partial charge in [0.25, 0.3) is 0 Å². The fourth-order valence-electron chi connectivity index (χ4n) is 3.31. The number of aliphatic imine (C=N–C) groups is 1. The van der Waals surface area contributed by atoms with Crippen molar-refractivity contribution in [2.45, 2.75) is 143 Å². The molecular weight excluding hydrogens is 434 g/mol. The molecule has 0 amide bonds. The maximum Gasteiger partial charge on any atom is 0.211 e. The van der Waals surface area contributed by atoms with Crippen molar-refractivity contribution in [2.75, 3.05) is 7.05 Å². The molecule has 0 aliphatic heterocycles. The second kappa shape index (κ2) is 28.6. The summed E-state index contributed by atoms with van der Waals surface area (Å²) in [6.07, 6.45) is 22.3. The minimum absolute atomic E-state index is 0.566. The van der Waals surface area contributed by atoms with Gasteiger partial charge in [0.05, 0.1) is 0 Å². The minimum Gasteiger partial charge on any atom is -0.372 e. The van der Waals surface area contributed by atoms with E-state index in [4.69, 9.17) is 12.2 Å². The number of thioether (sulfide) groups is 1. The van der Waals surface area contributed by atoms with Crippen molar-refractivity contribution in [1.29, 1.82) is 0 Å². The summed E-state index contributed by atoms with van der Waals surface area (Å²) in [6.45, 7) is 8.50. The Labute approximate surface area is 210 Å². The lowest BCUT2D eigenvalue weighted by molar-refractivity contribution is 0.0157. The zero-order valence-corrected chi connectivity index (χ0v) is 23.5. The van der Waals surface area contributed by atoms with Crippen molar-refractivity contribution < 1.29 is 5.11 Å². The Morgan fingerprint density at radius 1 is 0.844 bits per heavy atom. The molecule has 1 unspecified atom stereocenters. The van der Waals surface area contributed by atoms with Gasteiger partial charge in [-0.05, 0) is 37.4 Å². The van der Waals surface area contributed by atoms with Gasteiger partial charge in [0.1, 0.15) is 6.23 Å². The summed E-state index contributed by atoms with van der Waals surface area (Å²) in [5.74, 6) is 0. The maximum absolute atomic E-state index is 10.4. The molecule has 0 saturated heterocycles. The van der Waals surface area contributed by atoms with E-state index < -0.39 is 6.23 Å². The summed E-state index contributed by atoms with van der Waals surface area (Å²) in [5, 5.41) is 17.0. The van der Waals surface area contributed by atoms with Crippen LogP contribution in [-0.2, 0) is 0 Å². The van der Waals surface area contributed by atoms with Gasteiger partial charge in [-0.1, -0.05) is 123 Å². The molecule has 6 heteroatoms. The largest absolute Gasteiger partial charge is 0.372 e. The molecule has 0 aromatic heterocycles. The Balaban J connectivity index is 0. The zero-order chi connectivity index (χ0) is 24.3. The van der Waals surface area contributed by atoms with Crippen molar-refractivity contribution >= 4 is 40.1 Å². The predicted octanol–water partition coefficient (Wildman–Crippen LogP) is 8.97. The number of aliphatic hydroxyl groups excluding tert-OH is 1. The second-order valence-electron chi connectivity index (χ2n) is 8.14. The highest BCUT2D eigenvalue weighted by molar-refractivity contribution is 8.31. The molecule has 0 aliphatic rings. The molecule has 0 radical (unpaired) electrons. The van der Waals surface area contributed by atoms with Crippen LogP contribution in [-0.4, -0.2) is 39.5 Å². The first-order valence-electron chi connectivity index (χ1n) is 13.3. The summed E-state index contributed by atoms with van der Waals surface area (Å²) in [5.41, 5.74) is 0. The topological polar surface area (TPSA) is 48.2 Å². The maximum atomic E-state index is 10.4. The highest BCUT2D eigenvalue weighted by Crippen LogP contribution is 2.13. The van der Waals surface area contributed by atoms with Crippen LogP contribution < -0.4 is 0 Å². The van der Waals surface area contributed by atoms with Crippen molar-refractivity contribution in [3.63, 3.8) is 0 Å². The molecular formula is C26H53N3OS2. The van der Waals surface area contributed by atoms with Crippen LogP contribution in [0, 0.1) is 0 Å². The summed E-state index contributed by atoms with van der Waals surface area (Å²) < 4.78 is 1.57. The number of aliphatic hydroxyl groups is 1. The van der Waals surface area contributed by atoms with Crippen molar-refractivity contribution in [3.05, 3.63) is 0 Å². The van der Waals surface area contributed by atoms with Gasteiger partial charge in [-0.15, -0.1) is 5.10 Å². The normalized spacial score (nSPS) is 12.5. The summed E-state index contributed by atoms with van der Waals surface area (Å²) in [6, 6.07) is 0. The molecule has 0 heterocycles. The lowest BCUT2D eigenvalue weighted by Crippen LogP contribution is -2.27. The fraction of sp³-hybridized carbons (Fsp3) is 0.885. The van der Waals surface area contributed by atoms with Crippen molar-refractivity contribution in [2.24, 2.45) is 10.1 Å². The third kappa shape index (κ3) is 24.2. The van der Waals surface area contributed by atoms with E-state index in [1.54, 1.807) is 9.71 Å². The van der Waals surface area contributed by atoms with Crippen LogP contribution in [0.2, 0.25) is 0 Å². The standard InChI is InChI=1S/C24H47N3OS2.C2H6/c1-4-6-8-10-12-14-16-18-20-23(28)27(3)26-24(30-22-29)25-21-19-17-15-13-11-9-7-5-2;1-2/h21-23,28H,4-20H2,1-3H3;1-2H3/b25-21+,26-24-;. The van der Waals surface area contributed by atoms with E-state index in [1.165, 1.54) is 102 Å². The number of unbranched alkanes of at least 4 members (excludes halogenated alkanes) is 14. The Hall–Kier alpha value is -0.460. The SMILES string of the molecule is CC.CCCCCCCCC/C=N/C(=N/N(C)C(O)CCCCCCCCCC)SC=S. The third-order valence-electron chi connectivity index (χ3n) is 5.28. The van der Waals surface area contributed by atoms with Crippen LogP contribution >= 0.6 is 24.0 Å². The first kappa shape index (κ1) is 33.7. The molecule has 190 valence electrons. The first-order valence-corrected chi connectivity index (χ1v) is 14.6. The number of hydrazone groups is 1. The molecule has 4 nitrogen and oxygen atoms in total. The van der Waals surface area contributed by atoms with Crippen LogP contribution in [0.15, 0.2) is 10.1 Å². The van der Waals surface area contributed by atoms with Crippen molar-refractivity contribution in [1.82, 2.24) is 5.01 Å². The van der Waals surface area contributed by atoms with Crippen LogP contribution in [0.4, 0.5) is 0 Å². The molecule has 0 aliphatic carbocycles. The molecule has 1 atom stereocenters. The minimum atomic E-state index is -0.566. The van der Waals surface area contributed by atoms with E-state index in [0.29, 0.717) is 5.17 Å². The number of thiocarbonyl (C=S) groups is 1. The lowest BCUT2D eigenvalue weighted by atomic mass is 10.1. The fourth-order valence-corrected chi connectivity index (χ4v) is 3.96. The van der Waals surface area contributed by atoms with Gasteiger partial charge in [-0.3, -0.25) is 5.01 Å². The van der Waals surface area contributed by atoms with Gasteiger partial charge in [-0.25, -0.2) is 4.99 Å². The number of nitrogens with zero attached hydrogens (tertiary/aromatic N) is 3. The highest BCUT2D eigenvalue weighted by Gasteiger charge is 2.10. The average Bonchev–Trinajstić information content (AvgIpc) is 2.80. The van der Waals surface area contributed by atoms with Gasteiger partial charge >= 0.3 is 0 Å². The number of hydrogen-bond acceptors (Lipinski definition) is 5. The second-order valence-corrected chi connectivity index (χ2v) is 9.51. The summed E-state index contributed by atoms with van der Waals surface area (Å²) in [4.78, 5) is 4.47. The van der Waals surface area contributed by atoms with Crippen LogP contribution in [0.1, 0.15) is 137 Å². The van der Waals surface area contributed by atoms with Gasteiger partial charge in [0.15, 0.2) is 0 Å². The summed E-state index contributed by atoms with van der Waals surface area (Å²) in [7, 11) is 1.81. The molecule has 32 heavy (non-hydrogen) atoms. The number of amidine groups is 1. The van der Waals surface area contributed by atoms with E-state index in [0.717, 1.165) is 19.3 Å². The van der Waals surface area contributed by atoms with Crippen LogP contribution in [0.5, 0.6) is 0 Å². The van der Waals surface area contributed by atoms with E-state index in [-0.39, 0.29) is 0 Å². The Kier molecular flexibility index (Phi) is 30.1. The molecule has 0 spiro atoms. The highest BCUT2D eigenvalue weighted by atomic mass is 32.2. The first-order chi connectivity index (χ1) is 15.7. The van der Waals surface area contributed by atoms with Crippen LogP contribution in [0.3, 0.4) is 0 Å². The average molecular weight is 488 g/mol.